The van der Waals surface area contributed by atoms with Crippen molar-refractivity contribution < 1.29 is 24.0 Å². The van der Waals surface area contributed by atoms with Crippen LogP contribution in [0.4, 0.5) is 10.5 Å². The molecule has 1 aromatic rings. The number of nitrogens with one attached hydrogen (secondary N) is 2. The third-order valence-corrected chi connectivity index (χ3v) is 3.24. The molecule has 1 aromatic heterocycles. The summed E-state index contributed by atoms with van der Waals surface area (Å²) in [4.78, 5) is 44.9. The van der Waals surface area contributed by atoms with Gasteiger partial charge in [-0.1, -0.05) is 13.3 Å². The lowest BCUT2D eigenvalue weighted by molar-refractivity contribution is -0.386. The number of aryl methyl sites for hydroxylation is 1. The number of nitro groups is 1. The van der Waals surface area contributed by atoms with Crippen LogP contribution in [0, 0.1) is 24.0 Å². The first-order chi connectivity index (χ1) is 11.8. The standard InChI is InChI=1S/C14H21N5O6/c1-4-5-6-15-14(22)16-11(20)8-25-12(21)7-18-10(3)13(19(23)24)9(2)17-18/h4-8H2,1-3H3,(H2,15,16,20,22). The first kappa shape index (κ1) is 20.1. The Balaban J connectivity index is 2.45. The van der Waals surface area contributed by atoms with Crippen molar-refractivity contribution in [2.24, 2.45) is 0 Å². The van der Waals surface area contributed by atoms with Gasteiger partial charge >= 0.3 is 17.7 Å². The summed E-state index contributed by atoms with van der Waals surface area (Å²) < 4.78 is 5.87. The highest BCUT2D eigenvalue weighted by atomic mass is 16.6. The van der Waals surface area contributed by atoms with Crippen molar-refractivity contribution in [1.29, 1.82) is 0 Å². The number of esters is 1. The Hall–Kier alpha value is -2.98. The summed E-state index contributed by atoms with van der Waals surface area (Å²) >= 11 is 0. The molecule has 0 aliphatic carbocycles. The average Bonchev–Trinajstić information content (AvgIpc) is 2.79. The van der Waals surface area contributed by atoms with E-state index in [1.807, 2.05) is 12.2 Å². The summed E-state index contributed by atoms with van der Waals surface area (Å²) in [5, 5.41) is 19.3. The van der Waals surface area contributed by atoms with Crippen LogP contribution in [-0.4, -0.2) is 45.8 Å². The van der Waals surface area contributed by atoms with Gasteiger partial charge in [-0.2, -0.15) is 5.10 Å². The van der Waals surface area contributed by atoms with E-state index in [1.165, 1.54) is 13.8 Å². The average molecular weight is 355 g/mol. The number of rotatable bonds is 8. The fourth-order valence-electron chi connectivity index (χ4n) is 2.01. The zero-order valence-electron chi connectivity index (χ0n) is 14.3. The fraction of sp³-hybridized carbons (Fsp3) is 0.571. The van der Waals surface area contributed by atoms with Crippen LogP contribution in [0.5, 0.6) is 0 Å². The van der Waals surface area contributed by atoms with Crippen LogP contribution in [0.25, 0.3) is 0 Å². The second-order valence-corrected chi connectivity index (χ2v) is 5.25. The van der Waals surface area contributed by atoms with Gasteiger partial charge in [0.1, 0.15) is 17.9 Å². The highest BCUT2D eigenvalue weighted by Gasteiger charge is 2.23. The predicted octanol–water partition coefficient (Wildman–Crippen LogP) is 0.577. The van der Waals surface area contributed by atoms with Gasteiger partial charge in [-0.3, -0.25) is 29.7 Å². The van der Waals surface area contributed by atoms with Crippen LogP contribution in [0.15, 0.2) is 0 Å². The van der Waals surface area contributed by atoms with Crippen molar-refractivity contribution in [3.63, 3.8) is 0 Å². The molecule has 0 spiro atoms. The topological polar surface area (TPSA) is 145 Å². The van der Waals surface area contributed by atoms with Crippen LogP contribution in [0.1, 0.15) is 31.2 Å². The molecule has 1 rings (SSSR count). The van der Waals surface area contributed by atoms with E-state index in [1.54, 1.807) is 0 Å². The van der Waals surface area contributed by atoms with Gasteiger partial charge in [-0.15, -0.1) is 0 Å². The van der Waals surface area contributed by atoms with E-state index in [9.17, 15) is 24.5 Å². The minimum Gasteiger partial charge on any atom is -0.454 e. The molecule has 0 unspecified atom stereocenters. The number of urea groups is 1. The van der Waals surface area contributed by atoms with Crippen molar-refractivity contribution in [2.75, 3.05) is 13.2 Å². The van der Waals surface area contributed by atoms with Gasteiger partial charge in [0.2, 0.25) is 0 Å². The van der Waals surface area contributed by atoms with Gasteiger partial charge in [0.15, 0.2) is 6.61 Å². The number of carbonyl (C=O) groups excluding carboxylic acids is 3. The number of carbonyl (C=O) groups is 3. The van der Waals surface area contributed by atoms with Crippen molar-refractivity contribution >= 4 is 23.6 Å². The zero-order valence-corrected chi connectivity index (χ0v) is 14.3. The van der Waals surface area contributed by atoms with E-state index in [0.29, 0.717) is 6.54 Å². The molecule has 0 bridgehead atoms. The highest BCUT2D eigenvalue weighted by molar-refractivity contribution is 5.95. The van der Waals surface area contributed by atoms with Gasteiger partial charge in [-0.05, 0) is 20.3 Å². The third kappa shape index (κ3) is 6.20. The van der Waals surface area contributed by atoms with Crippen LogP contribution in [-0.2, 0) is 20.9 Å². The number of unbranched alkanes of at least 4 members (excludes halogenated alkanes) is 1. The number of ether oxygens (including phenoxy) is 1. The first-order valence-corrected chi connectivity index (χ1v) is 7.68. The minimum atomic E-state index is -0.804. The van der Waals surface area contributed by atoms with Crippen LogP contribution in [0.2, 0.25) is 0 Å². The SMILES string of the molecule is CCCCNC(=O)NC(=O)COC(=O)Cn1nc(C)c([N+](=O)[O-])c1C. The third-order valence-electron chi connectivity index (χ3n) is 3.24. The molecule has 0 fully saturated rings. The van der Waals surface area contributed by atoms with Crippen molar-refractivity contribution in [2.45, 2.75) is 40.2 Å². The number of amides is 3. The summed E-state index contributed by atoms with van der Waals surface area (Å²) in [5.74, 6) is -1.58. The maximum Gasteiger partial charge on any atom is 0.328 e. The van der Waals surface area contributed by atoms with E-state index in [-0.39, 0.29) is 23.6 Å². The van der Waals surface area contributed by atoms with Crippen LogP contribution < -0.4 is 10.6 Å². The minimum absolute atomic E-state index is 0.172. The molecular weight excluding hydrogens is 334 g/mol. The molecule has 0 atom stereocenters. The number of hydrogen-bond donors (Lipinski definition) is 2. The maximum atomic E-state index is 11.7. The Labute approximate surface area is 143 Å². The summed E-state index contributed by atoms with van der Waals surface area (Å²) in [6, 6.07) is -0.663. The van der Waals surface area contributed by atoms with Gasteiger partial charge < -0.3 is 10.1 Å². The normalized spacial score (nSPS) is 10.2. The smallest absolute Gasteiger partial charge is 0.328 e. The fourth-order valence-corrected chi connectivity index (χ4v) is 2.01. The number of nitrogens with zero attached hydrogens (tertiary/aromatic N) is 3. The van der Waals surface area contributed by atoms with E-state index in [4.69, 9.17) is 4.74 Å². The molecule has 3 amide bonds. The molecule has 2 N–H and O–H groups in total. The lowest BCUT2D eigenvalue weighted by Crippen LogP contribution is -2.41. The molecular formula is C14H21N5O6. The van der Waals surface area contributed by atoms with E-state index in [2.05, 4.69) is 10.4 Å². The van der Waals surface area contributed by atoms with Crippen molar-refractivity contribution in [3.05, 3.63) is 21.5 Å². The Bertz CT molecular complexity index is 669. The first-order valence-electron chi connectivity index (χ1n) is 7.68. The molecule has 0 aliphatic heterocycles. The summed E-state index contributed by atoms with van der Waals surface area (Å²) in [6.45, 7) is 4.29. The molecule has 0 saturated carbocycles. The molecule has 1 heterocycles. The number of aromatic nitrogens is 2. The van der Waals surface area contributed by atoms with Crippen LogP contribution >= 0.6 is 0 Å². The van der Waals surface area contributed by atoms with E-state index in [0.717, 1.165) is 17.5 Å². The van der Waals surface area contributed by atoms with Gasteiger partial charge in [0, 0.05) is 6.54 Å². The molecule has 0 aliphatic rings. The molecule has 25 heavy (non-hydrogen) atoms. The van der Waals surface area contributed by atoms with Gasteiger partial charge in [0.25, 0.3) is 5.91 Å². The van der Waals surface area contributed by atoms with Crippen LogP contribution in [0.3, 0.4) is 0 Å². The van der Waals surface area contributed by atoms with Crippen molar-refractivity contribution in [3.8, 4) is 0 Å². The van der Waals surface area contributed by atoms with E-state index < -0.39 is 29.4 Å². The Morgan fingerprint density at radius 1 is 1.32 bits per heavy atom. The maximum absolute atomic E-state index is 11.7. The predicted molar refractivity (Wildman–Crippen MR) is 85.8 cm³/mol. The molecule has 11 nitrogen and oxygen atoms in total. The summed E-state index contributed by atoms with van der Waals surface area (Å²) in [6.07, 6.45) is 1.68. The lowest BCUT2D eigenvalue weighted by atomic mass is 10.3. The summed E-state index contributed by atoms with van der Waals surface area (Å²) in [7, 11) is 0. The number of imide groups is 1. The zero-order chi connectivity index (χ0) is 19.0. The Kier molecular flexibility index (Phi) is 7.50. The molecule has 11 heteroatoms. The quantitative estimate of drug-likeness (QED) is 0.300. The molecule has 138 valence electrons. The molecule has 0 aromatic carbocycles. The summed E-state index contributed by atoms with van der Waals surface area (Å²) in [5.41, 5.74) is 0.213. The molecule has 0 saturated heterocycles. The van der Waals surface area contributed by atoms with Crippen molar-refractivity contribution in [1.82, 2.24) is 20.4 Å². The Morgan fingerprint density at radius 2 is 2.00 bits per heavy atom. The van der Waals surface area contributed by atoms with Gasteiger partial charge in [0.05, 0.1) is 4.92 Å². The Morgan fingerprint density at radius 3 is 2.56 bits per heavy atom. The highest BCUT2D eigenvalue weighted by Crippen LogP contribution is 2.21. The molecule has 0 radical (unpaired) electrons. The monoisotopic (exact) mass is 355 g/mol. The second kappa shape index (κ2) is 9.35. The largest absolute Gasteiger partial charge is 0.454 e. The van der Waals surface area contributed by atoms with E-state index >= 15 is 0 Å². The number of hydrogen-bond acceptors (Lipinski definition) is 7. The lowest BCUT2D eigenvalue weighted by Gasteiger charge is -2.07. The van der Waals surface area contributed by atoms with Gasteiger partial charge in [-0.25, -0.2) is 4.79 Å². The second-order valence-electron chi connectivity index (χ2n) is 5.25.